The average molecular weight is 310 g/mol. The smallest absolute Gasteiger partial charge is 0.255 e. The Morgan fingerprint density at radius 2 is 1.90 bits per heavy atom. The van der Waals surface area contributed by atoms with Crippen molar-refractivity contribution in [1.82, 2.24) is 4.57 Å². The lowest BCUT2D eigenvalue weighted by Gasteiger charge is -2.14. The maximum Gasteiger partial charge on any atom is 0.255 e. The molecule has 112 valence electrons. The summed E-state index contributed by atoms with van der Waals surface area (Å²) in [5, 5.41) is 0. The number of halogens is 2. The molecule has 0 saturated carbocycles. The average Bonchev–Trinajstić information content (AvgIpc) is 2.50. The van der Waals surface area contributed by atoms with Gasteiger partial charge in [0.05, 0.1) is 11.6 Å². The molecule has 21 heavy (non-hydrogen) atoms. The molecule has 1 heterocycles. The van der Waals surface area contributed by atoms with Crippen LogP contribution in [-0.4, -0.2) is 18.3 Å². The Balaban J connectivity index is 2.46. The summed E-state index contributed by atoms with van der Waals surface area (Å²) in [6.45, 7) is 1.10. The minimum Gasteiger partial charge on any atom is -0.385 e. The van der Waals surface area contributed by atoms with Crippen molar-refractivity contribution in [2.75, 3.05) is 13.7 Å². The number of hydrogen-bond donors (Lipinski definition) is 0. The topological polar surface area (TPSA) is 31.2 Å². The molecule has 0 saturated heterocycles. The van der Waals surface area contributed by atoms with Crippen LogP contribution in [0.5, 0.6) is 0 Å². The van der Waals surface area contributed by atoms with Crippen molar-refractivity contribution in [1.29, 1.82) is 0 Å². The van der Waals surface area contributed by atoms with Crippen LogP contribution in [0.3, 0.4) is 0 Å². The second-order valence-electron chi connectivity index (χ2n) is 4.69. The lowest BCUT2D eigenvalue weighted by Crippen LogP contribution is -2.25. The fraction of sp³-hybridized carbons (Fsp3) is 0.312. The van der Waals surface area contributed by atoms with Crippen molar-refractivity contribution in [3.05, 3.63) is 58.1 Å². The van der Waals surface area contributed by atoms with Crippen molar-refractivity contribution in [2.24, 2.45) is 0 Å². The van der Waals surface area contributed by atoms with E-state index in [1.807, 2.05) is 6.07 Å². The van der Waals surface area contributed by atoms with Crippen LogP contribution < -0.4 is 5.56 Å². The van der Waals surface area contributed by atoms with E-state index in [1.54, 1.807) is 29.9 Å². The maximum absolute atomic E-state index is 13.0. The predicted octanol–water partition coefficient (Wildman–Crippen LogP) is 3.43. The molecule has 3 nitrogen and oxygen atoms in total. The minimum atomic E-state index is -0.301. The summed E-state index contributed by atoms with van der Waals surface area (Å²) in [6.07, 6.45) is 0.719. The molecule has 2 aromatic rings. The molecule has 5 heteroatoms. The molecule has 0 bridgehead atoms. The molecular formula is C16H17ClFNO2. The van der Waals surface area contributed by atoms with E-state index in [1.165, 1.54) is 12.1 Å². The van der Waals surface area contributed by atoms with Gasteiger partial charge < -0.3 is 9.30 Å². The summed E-state index contributed by atoms with van der Waals surface area (Å²) in [5.41, 5.74) is 2.00. The van der Waals surface area contributed by atoms with Crippen molar-refractivity contribution in [2.45, 2.75) is 18.8 Å². The molecule has 2 rings (SSSR count). The van der Waals surface area contributed by atoms with Crippen molar-refractivity contribution >= 4 is 11.6 Å². The predicted molar refractivity (Wildman–Crippen MR) is 82.1 cm³/mol. The van der Waals surface area contributed by atoms with Crippen LogP contribution in [0.15, 0.2) is 41.2 Å². The highest BCUT2D eigenvalue weighted by Gasteiger charge is 2.10. The molecule has 0 aliphatic rings. The van der Waals surface area contributed by atoms with Gasteiger partial charge in [0.15, 0.2) is 0 Å². The Bertz CT molecular complexity index is 652. The Hall–Kier alpha value is -1.65. The molecule has 1 aromatic carbocycles. The van der Waals surface area contributed by atoms with Crippen LogP contribution >= 0.6 is 11.6 Å². The van der Waals surface area contributed by atoms with E-state index in [2.05, 4.69) is 0 Å². The molecule has 0 radical (unpaired) electrons. The SMILES string of the molecule is COCCCn1c(-c2ccc(F)cc2)ccc(CCl)c1=O. The Morgan fingerprint density at radius 1 is 1.19 bits per heavy atom. The normalized spacial score (nSPS) is 10.8. The van der Waals surface area contributed by atoms with Gasteiger partial charge in [0.1, 0.15) is 5.82 Å². The van der Waals surface area contributed by atoms with E-state index in [-0.39, 0.29) is 17.3 Å². The van der Waals surface area contributed by atoms with Gasteiger partial charge in [-0.25, -0.2) is 4.39 Å². The molecule has 0 atom stereocenters. The highest BCUT2D eigenvalue weighted by Crippen LogP contribution is 2.19. The molecule has 0 unspecified atom stereocenters. The number of benzene rings is 1. The number of nitrogens with zero attached hydrogens (tertiary/aromatic N) is 1. The highest BCUT2D eigenvalue weighted by molar-refractivity contribution is 6.17. The van der Waals surface area contributed by atoms with Crippen molar-refractivity contribution in [3.63, 3.8) is 0 Å². The fourth-order valence-electron chi connectivity index (χ4n) is 2.19. The first kappa shape index (κ1) is 15.7. The van der Waals surface area contributed by atoms with Crippen LogP contribution in [0, 0.1) is 5.82 Å². The van der Waals surface area contributed by atoms with Gasteiger partial charge in [-0.15, -0.1) is 11.6 Å². The maximum atomic E-state index is 13.0. The van der Waals surface area contributed by atoms with E-state index in [0.29, 0.717) is 18.7 Å². The van der Waals surface area contributed by atoms with Gasteiger partial charge in [0.2, 0.25) is 0 Å². The van der Waals surface area contributed by atoms with Crippen LogP contribution in [0.1, 0.15) is 12.0 Å². The third-order valence-corrected chi connectivity index (χ3v) is 3.56. The van der Waals surface area contributed by atoms with Gasteiger partial charge in [-0.3, -0.25) is 4.79 Å². The first-order valence-corrected chi connectivity index (χ1v) is 7.24. The van der Waals surface area contributed by atoms with E-state index in [4.69, 9.17) is 16.3 Å². The number of pyridine rings is 1. The highest BCUT2D eigenvalue weighted by atomic mass is 35.5. The number of ether oxygens (including phenoxy) is 1. The number of rotatable bonds is 6. The van der Waals surface area contributed by atoms with Crippen LogP contribution in [0.25, 0.3) is 11.3 Å². The van der Waals surface area contributed by atoms with E-state index in [0.717, 1.165) is 17.7 Å². The first-order chi connectivity index (χ1) is 10.2. The van der Waals surface area contributed by atoms with Crippen molar-refractivity contribution < 1.29 is 9.13 Å². The van der Waals surface area contributed by atoms with E-state index in [9.17, 15) is 9.18 Å². The minimum absolute atomic E-state index is 0.108. The summed E-state index contributed by atoms with van der Waals surface area (Å²) >= 11 is 5.80. The zero-order chi connectivity index (χ0) is 15.2. The summed E-state index contributed by atoms with van der Waals surface area (Å²) in [6, 6.07) is 9.66. The zero-order valence-corrected chi connectivity index (χ0v) is 12.6. The molecule has 1 aromatic heterocycles. The van der Waals surface area contributed by atoms with E-state index >= 15 is 0 Å². The largest absolute Gasteiger partial charge is 0.385 e. The number of alkyl halides is 1. The molecule has 0 spiro atoms. The van der Waals surface area contributed by atoms with Gasteiger partial charge in [-0.1, -0.05) is 6.07 Å². The first-order valence-electron chi connectivity index (χ1n) is 6.71. The summed E-state index contributed by atoms with van der Waals surface area (Å²) in [5.74, 6) is -0.128. The molecule has 0 amide bonds. The summed E-state index contributed by atoms with van der Waals surface area (Å²) in [7, 11) is 1.62. The van der Waals surface area contributed by atoms with Crippen molar-refractivity contribution in [3.8, 4) is 11.3 Å². The lowest BCUT2D eigenvalue weighted by atomic mass is 10.1. The molecular weight excluding hydrogens is 293 g/mol. The second-order valence-corrected chi connectivity index (χ2v) is 4.95. The molecule has 0 aliphatic carbocycles. The number of methoxy groups -OCH3 is 1. The Kier molecular flexibility index (Phi) is 5.53. The zero-order valence-electron chi connectivity index (χ0n) is 11.8. The van der Waals surface area contributed by atoms with Gasteiger partial charge in [0, 0.05) is 25.8 Å². The number of aromatic nitrogens is 1. The standard InChI is InChI=1S/C16H17ClFNO2/c1-21-10-2-9-19-15(8-5-13(11-17)16(19)20)12-3-6-14(18)7-4-12/h3-8H,2,9-11H2,1H3. The lowest BCUT2D eigenvalue weighted by molar-refractivity contribution is 0.190. The monoisotopic (exact) mass is 309 g/mol. The third kappa shape index (κ3) is 3.71. The molecule has 0 aliphatic heterocycles. The second kappa shape index (κ2) is 7.38. The Morgan fingerprint density at radius 3 is 2.52 bits per heavy atom. The molecule has 0 fully saturated rings. The third-order valence-electron chi connectivity index (χ3n) is 3.27. The van der Waals surface area contributed by atoms with Gasteiger partial charge in [0.25, 0.3) is 5.56 Å². The summed E-state index contributed by atoms with van der Waals surface area (Å²) < 4.78 is 19.7. The van der Waals surface area contributed by atoms with Gasteiger partial charge >= 0.3 is 0 Å². The van der Waals surface area contributed by atoms with Gasteiger partial charge in [-0.2, -0.15) is 0 Å². The van der Waals surface area contributed by atoms with Crippen LogP contribution in [0.4, 0.5) is 4.39 Å². The Labute approximate surface area is 127 Å². The van der Waals surface area contributed by atoms with Crippen LogP contribution in [0.2, 0.25) is 0 Å². The van der Waals surface area contributed by atoms with Gasteiger partial charge in [-0.05, 0) is 42.3 Å². The summed E-state index contributed by atoms with van der Waals surface area (Å²) in [4.78, 5) is 12.4. The number of hydrogen-bond acceptors (Lipinski definition) is 2. The fourth-order valence-corrected chi connectivity index (χ4v) is 2.39. The quantitative estimate of drug-likeness (QED) is 0.605. The van der Waals surface area contributed by atoms with Crippen LogP contribution in [-0.2, 0) is 17.2 Å². The van der Waals surface area contributed by atoms with E-state index < -0.39 is 0 Å². The molecule has 0 N–H and O–H groups in total.